The Balaban J connectivity index is 1.83. The number of aromatic nitrogens is 1. The van der Waals surface area contributed by atoms with E-state index in [1.807, 2.05) is 43.3 Å². The van der Waals surface area contributed by atoms with E-state index < -0.39 is 0 Å². The van der Waals surface area contributed by atoms with Gasteiger partial charge in [-0.1, -0.05) is 25.8 Å². The number of ether oxygens (including phenoxy) is 1. The Morgan fingerprint density at radius 3 is 2.81 bits per heavy atom. The maximum atomic E-state index is 12.1. The van der Waals surface area contributed by atoms with Gasteiger partial charge in [-0.2, -0.15) is 0 Å². The summed E-state index contributed by atoms with van der Waals surface area (Å²) in [5.41, 5.74) is 4.07. The van der Waals surface area contributed by atoms with E-state index in [4.69, 9.17) is 9.15 Å². The molecule has 0 saturated heterocycles. The van der Waals surface area contributed by atoms with Crippen molar-refractivity contribution in [1.82, 2.24) is 4.98 Å². The minimum atomic E-state index is 0.0426. The Kier molecular flexibility index (Phi) is 5.56. The van der Waals surface area contributed by atoms with E-state index in [1.54, 1.807) is 7.11 Å². The normalized spacial score (nSPS) is 10.9. The fourth-order valence-electron chi connectivity index (χ4n) is 2.80. The molecule has 0 aliphatic rings. The van der Waals surface area contributed by atoms with Gasteiger partial charge in [-0.3, -0.25) is 4.79 Å². The molecule has 0 aliphatic heterocycles. The molecule has 1 N–H and O–H groups in total. The van der Waals surface area contributed by atoms with Gasteiger partial charge in [-0.05, 0) is 43.2 Å². The van der Waals surface area contributed by atoms with Crippen LogP contribution in [0.1, 0.15) is 38.2 Å². The van der Waals surface area contributed by atoms with Gasteiger partial charge in [0, 0.05) is 23.7 Å². The number of rotatable bonds is 7. The number of fused-ring (bicyclic) bond motifs is 1. The van der Waals surface area contributed by atoms with Crippen LogP contribution >= 0.6 is 0 Å². The van der Waals surface area contributed by atoms with Gasteiger partial charge < -0.3 is 14.5 Å². The zero-order chi connectivity index (χ0) is 18.5. The van der Waals surface area contributed by atoms with Gasteiger partial charge in [0.25, 0.3) is 0 Å². The number of carbonyl (C=O) groups excluding carboxylic acids is 1. The molecule has 26 heavy (non-hydrogen) atoms. The summed E-state index contributed by atoms with van der Waals surface area (Å²) in [6, 6.07) is 11.3. The summed E-state index contributed by atoms with van der Waals surface area (Å²) in [7, 11) is 1.62. The number of amides is 1. The third-order valence-corrected chi connectivity index (χ3v) is 4.36. The largest absolute Gasteiger partial charge is 0.497 e. The maximum absolute atomic E-state index is 12.1. The topological polar surface area (TPSA) is 64.4 Å². The standard InChI is InChI=1S/C21H24N2O3/c1-4-5-6-7-20(24)22-17-12-15(9-8-14(17)2)21-23-18-13-16(25-3)10-11-19(18)26-21/h8-13H,4-7H2,1-3H3,(H,22,24). The lowest BCUT2D eigenvalue weighted by molar-refractivity contribution is -0.116. The Labute approximate surface area is 153 Å². The molecule has 2 aromatic carbocycles. The van der Waals surface area contributed by atoms with Crippen molar-refractivity contribution in [3.05, 3.63) is 42.0 Å². The molecule has 0 radical (unpaired) electrons. The van der Waals surface area contributed by atoms with Crippen LogP contribution in [0.4, 0.5) is 5.69 Å². The van der Waals surface area contributed by atoms with Crippen molar-refractivity contribution in [2.45, 2.75) is 39.5 Å². The highest BCUT2D eigenvalue weighted by atomic mass is 16.5. The highest BCUT2D eigenvalue weighted by Gasteiger charge is 2.12. The molecule has 3 aromatic rings. The molecule has 0 aliphatic carbocycles. The monoisotopic (exact) mass is 352 g/mol. The van der Waals surface area contributed by atoms with Gasteiger partial charge >= 0.3 is 0 Å². The Hall–Kier alpha value is -2.82. The lowest BCUT2D eigenvalue weighted by Crippen LogP contribution is -2.12. The van der Waals surface area contributed by atoms with E-state index in [2.05, 4.69) is 17.2 Å². The van der Waals surface area contributed by atoms with Crippen LogP contribution < -0.4 is 10.1 Å². The van der Waals surface area contributed by atoms with Crippen molar-refractivity contribution < 1.29 is 13.9 Å². The molecule has 136 valence electrons. The first-order valence-corrected chi connectivity index (χ1v) is 8.96. The van der Waals surface area contributed by atoms with Crippen LogP contribution in [0.2, 0.25) is 0 Å². The molecule has 0 bridgehead atoms. The van der Waals surface area contributed by atoms with Crippen LogP contribution in [0.25, 0.3) is 22.6 Å². The molecule has 1 heterocycles. The number of oxazole rings is 1. The minimum Gasteiger partial charge on any atom is -0.497 e. The van der Waals surface area contributed by atoms with Crippen LogP contribution in [0.5, 0.6) is 5.75 Å². The lowest BCUT2D eigenvalue weighted by Gasteiger charge is -2.09. The van der Waals surface area contributed by atoms with E-state index in [-0.39, 0.29) is 5.91 Å². The number of unbranched alkanes of at least 4 members (excludes halogenated alkanes) is 2. The number of carbonyl (C=O) groups is 1. The van der Waals surface area contributed by atoms with Crippen LogP contribution in [0.3, 0.4) is 0 Å². The highest BCUT2D eigenvalue weighted by molar-refractivity contribution is 5.92. The number of hydrogen-bond acceptors (Lipinski definition) is 4. The highest BCUT2D eigenvalue weighted by Crippen LogP contribution is 2.29. The Bertz CT molecular complexity index is 915. The molecular formula is C21H24N2O3. The molecule has 0 atom stereocenters. The SMILES string of the molecule is CCCCCC(=O)Nc1cc(-c2nc3cc(OC)ccc3o2)ccc1C. The van der Waals surface area contributed by atoms with E-state index in [9.17, 15) is 4.79 Å². The van der Waals surface area contributed by atoms with Crippen molar-refractivity contribution in [2.75, 3.05) is 12.4 Å². The van der Waals surface area contributed by atoms with Gasteiger partial charge in [0.15, 0.2) is 5.58 Å². The predicted octanol–water partition coefficient (Wildman–Crippen LogP) is 5.33. The zero-order valence-electron chi connectivity index (χ0n) is 15.5. The van der Waals surface area contributed by atoms with Crippen LogP contribution in [0, 0.1) is 6.92 Å². The number of hydrogen-bond donors (Lipinski definition) is 1. The average molecular weight is 352 g/mol. The van der Waals surface area contributed by atoms with Gasteiger partial charge in [-0.25, -0.2) is 4.98 Å². The van der Waals surface area contributed by atoms with E-state index in [0.717, 1.165) is 47.3 Å². The number of methoxy groups -OCH3 is 1. The average Bonchev–Trinajstić information content (AvgIpc) is 3.06. The lowest BCUT2D eigenvalue weighted by atomic mass is 10.1. The molecule has 0 saturated carbocycles. The van der Waals surface area contributed by atoms with Crippen molar-refractivity contribution in [1.29, 1.82) is 0 Å². The van der Waals surface area contributed by atoms with Crippen LogP contribution in [-0.2, 0) is 4.79 Å². The first-order valence-electron chi connectivity index (χ1n) is 8.96. The number of aryl methyl sites for hydroxylation is 1. The van der Waals surface area contributed by atoms with Crippen molar-refractivity contribution in [3.63, 3.8) is 0 Å². The first-order chi connectivity index (χ1) is 12.6. The Morgan fingerprint density at radius 1 is 1.19 bits per heavy atom. The molecule has 5 nitrogen and oxygen atoms in total. The molecular weight excluding hydrogens is 328 g/mol. The van der Waals surface area contributed by atoms with Crippen LogP contribution in [-0.4, -0.2) is 18.0 Å². The van der Waals surface area contributed by atoms with Gasteiger partial charge in [-0.15, -0.1) is 0 Å². The summed E-state index contributed by atoms with van der Waals surface area (Å²) in [6.07, 6.45) is 3.62. The Morgan fingerprint density at radius 2 is 2.04 bits per heavy atom. The maximum Gasteiger partial charge on any atom is 0.227 e. The second-order valence-corrected chi connectivity index (χ2v) is 6.39. The fraction of sp³-hybridized carbons (Fsp3) is 0.333. The van der Waals surface area contributed by atoms with Crippen molar-refractivity contribution >= 4 is 22.7 Å². The summed E-state index contributed by atoms with van der Waals surface area (Å²) in [6.45, 7) is 4.10. The third kappa shape index (κ3) is 4.04. The molecule has 0 unspecified atom stereocenters. The molecule has 0 spiro atoms. The quantitative estimate of drug-likeness (QED) is 0.584. The van der Waals surface area contributed by atoms with Gasteiger partial charge in [0.05, 0.1) is 7.11 Å². The zero-order valence-corrected chi connectivity index (χ0v) is 15.5. The first kappa shape index (κ1) is 18.0. The number of nitrogens with zero attached hydrogens (tertiary/aromatic N) is 1. The summed E-state index contributed by atoms with van der Waals surface area (Å²) in [4.78, 5) is 16.7. The second kappa shape index (κ2) is 8.04. The minimum absolute atomic E-state index is 0.0426. The fourth-order valence-corrected chi connectivity index (χ4v) is 2.80. The van der Waals surface area contributed by atoms with E-state index in [1.165, 1.54) is 0 Å². The van der Waals surface area contributed by atoms with Crippen LogP contribution in [0.15, 0.2) is 40.8 Å². The summed E-state index contributed by atoms with van der Waals surface area (Å²) < 4.78 is 11.1. The summed E-state index contributed by atoms with van der Waals surface area (Å²) in [5, 5.41) is 3.00. The number of nitrogens with one attached hydrogen (secondary N) is 1. The molecule has 5 heteroatoms. The molecule has 0 fully saturated rings. The van der Waals surface area contributed by atoms with Crippen molar-refractivity contribution in [3.8, 4) is 17.2 Å². The van der Waals surface area contributed by atoms with Gasteiger partial charge in [0.1, 0.15) is 11.3 Å². The van der Waals surface area contributed by atoms with Gasteiger partial charge in [0.2, 0.25) is 11.8 Å². The van der Waals surface area contributed by atoms with E-state index >= 15 is 0 Å². The third-order valence-electron chi connectivity index (χ3n) is 4.36. The number of benzene rings is 2. The summed E-state index contributed by atoms with van der Waals surface area (Å²) in [5.74, 6) is 1.30. The number of anilines is 1. The molecule has 3 rings (SSSR count). The summed E-state index contributed by atoms with van der Waals surface area (Å²) >= 11 is 0. The predicted molar refractivity (Wildman–Crippen MR) is 104 cm³/mol. The second-order valence-electron chi connectivity index (χ2n) is 6.39. The smallest absolute Gasteiger partial charge is 0.227 e. The molecule has 1 amide bonds. The van der Waals surface area contributed by atoms with E-state index in [0.29, 0.717) is 17.9 Å². The molecule has 1 aromatic heterocycles. The van der Waals surface area contributed by atoms with Crippen molar-refractivity contribution in [2.24, 2.45) is 0 Å².